The van der Waals surface area contributed by atoms with Crippen molar-refractivity contribution in [3.05, 3.63) is 20.8 Å². The zero-order valence-electron chi connectivity index (χ0n) is 6.91. The maximum absolute atomic E-state index is 11.2. The normalized spacial score (nSPS) is 11.6. The van der Waals surface area contributed by atoms with Gasteiger partial charge in [0.2, 0.25) is 0 Å². The van der Waals surface area contributed by atoms with Gasteiger partial charge in [-0.15, -0.1) is 11.3 Å². The standard InChI is InChI=1S/C7H10BrNOS2/c1-12(2,10)9-4-6-3-7(8)11-5-6/h3,5H,4H2,1-2H3. The molecule has 0 saturated carbocycles. The lowest BCUT2D eigenvalue weighted by Gasteiger charge is -1.93. The summed E-state index contributed by atoms with van der Waals surface area (Å²) < 4.78 is 16.3. The van der Waals surface area contributed by atoms with Crippen LogP contribution in [0.1, 0.15) is 5.56 Å². The average Bonchev–Trinajstić information content (AvgIpc) is 2.30. The number of rotatable bonds is 2. The Morgan fingerprint density at radius 2 is 2.33 bits per heavy atom. The summed E-state index contributed by atoms with van der Waals surface area (Å²) in [7, 11) is -1.95. The Kier molecular flexibility index (Phi) is 3.31. The second-order valence-corrected chi connectivity index (χ2v) is 7.64. The molecule has 1 rings (SSSR count). The Morgan fingerprint density at radius 3 is 2.75 bits per heavy atom. The predicted octanol–water partition coefficient (Wildman–Crippen LogP) is 2.74. The topological polar surface area (TPSA) is 29.4 Å². The minimum absolute atomic E-state index is 0.550. The summed E-state index contributed by atoms with van der Waals surface area (Å²) >= 11 is 4.98. The first-order valence-corrected chi connectivity index (χ1v) is 7.33. The van der Waals surface area contributed by atoms with E-state index in [0.29, 0.717) is 6.54 Å². The van der Waals surface area contributed by atoms with Crippen molar-refractivity contribution in [3.63, 3.8) is 0 Å². The molecule has 68 valence electrons. The van der Waals surface area contributed by atoms with Crippen LogP contribution in [0.15, 0.2) is 19.6 Å². The van der Waals surface area contributed by atoms with Gasteiger partial charge in [-0.2, -0.15) is 0 Å². The summed E-state index contributed by atoms with van der Waals surface area (Å²) in [6, 6.07) is 2.00. The lowest BCUT2D eigenvalue weighted by molar-refractivity contribution is 0.682. The van der Waals surface area contributed by atoms with Crippen molar-refractivity contribution in [2.45, 2.75) is 6.54 Å². The van der Waals surface area contributed by atoms with Crippen LogP contribution in [0, 0.1) is 0 Å². The molecule has 0 amide bonds. The summed E-state index contributed by atoms with van der Waals surface area (Å²) in [6.07, 6.45) is 3.29. The molecule has 0 radical (unpaired) electrons. The molecule has 0 aliphatic carbocycles. The van der Waals surface area contributed by atoms with Crippen LogP contribution in [0.4, 0.5) is 0 Å². The maximum Gasteiger partial charge on any atom is 0.0742 e. The van der Waals surface area contributed by atoms with E-state index in [1.807, 2.05) is 11.4 Å². The summed E-state index contributed by atoms with van der Waals surface area (Å²) in [6.45, 7) is 0.550. The maximum atomic E-state index is 11.2. The van der Waals surface area contributed by atoms with Gasteiger partial charge in [0.1, 0.15) is 0 Å². The highest BCUT2D eigenvalue weighted by Crippen LogP contribution is 2.21. The van der Waals surface area contributed by atoms with Gasteiger partial charge < -0.3 is 0 Å². The van der Waals surface area contributed by atoms with E-state index in [0.717, 1.165) is 9.35 Å². The molecule has 12 heavy (non-hydrogen) atoms. The second-order valence-electron chi connectivity index (χ2n) is 2.73. The average molecular weight is 268 g/mol. The summed E-state index contributed by atoms with van der Waals surface area (Å²) in [5.41, 5.74) is 1.11. The van der Waals surface area contributed by atoms with Gasteiger partial charge in [-0.3, -0.25) is 4.21 Å². The molecular formula is C7H10BrNOS2. The number of hydrogen-bond acceptors (Lipinski definition) is 3. The van der Waals surface area contributed by atoms with Crippen LogP contribution in [0.3, 0.4) is 0 Å². The van der Waals surface area contributed by atoms with E-state index in [4.69, 9.17) is 0 Å². The van der Waals surface area contributed by atoms with Crippen LogP contribution < -0.4 is 0 Å². The zero-order chi connectivity index (χ0) is 9.19. The first kappa shape index (κ1) is 10.2. The number of nitrogens with zero attached hydrogens (tertiary/aromatic N) is 1. The van der Waals surface area contributed by atoms with E-state index >= 15 is 0 Å². The highest BCUT2D eigenvalue weighted by molar-refractivity contribution is 9.11. The fraction of sp³-hybridized carbons (Fsp3) is 0.429. The third-order valence-electron chi connectivity index (χ3n) is 1.18. The van der Waals surface area contributed by atoms with Gasteiger partial charge in [0, 0.05) is 22.2 Å². The van der Waals surface area contributed by atoms with Gasteiger partial charge in [-0.05, 0) is 32.9 Å². The van der Waals surface area contributed by atoms with Crippen LogP contribution in [0.25, 0.3) is 0 Å². The fourth-order valence-corrected chi connectivity index (χ4v) is 2.32. The van der Waals surface area contributed by atoms with Crippen LogP contribution in [0.5, 0.6) is 0 Å². The highest BCUT2D eigenvalue weighted by Gasteiger charge is 1.96. The van der Waals surface area contributed by atoms with E-state index in [2.05, 4.69) is 20.3 Å². The van der Waals surface area contributed by atoms with E-state index in [1.54, 1.807) is 23.8 Å². The molecule has 0 aliphatic heterocycles. The molecule has 0 aliphatic rings. The minimum Gasteiger partial charge on any atom is -0.250 e. The molecule has 0 N–H and O–H groups in total. The first-order valence-electron chi connectivity index (χ1n) is 3.33. The molecule has 0 fully saturated rings. The number of hydrogen-bond donors (Lipinski definition) is 0. The van der Waals surface area contributed by atoms with Crippen LogP contribution in [-0.4, -0.2) is 16.7 Å². The second kappa shape index (κ2) is 3.89. The molecule has 2 nitrogen and oxygen atoms in total. The summed E-state index contributed by atoms with van der Waals surface area (Å²) in [5.74, 6) is 0. The van der Waals surface area contributed by atoms with Gasteiger partial charge in [0.05, 0.1) is 10.3 Å². The first-order chi connectivity index (χ1) is 5.47. The van der Waals surface area contributed by atoms with E-state index in [-0.39, 0.29) is 0 Å². The van der Waals surface area contributed by atoms with Gasteiger partial charge in [0.25, 0.3) is 0 Å². The summed E-state index contributed by atoms with van der Waals surface area (Å²) in [4.78, 5) is 0. The van der Waals surface area contributed by atoms with Gasteiger partial charge in [-0.1, -0.05) is 0 Å². The molecule has 0 atom stereocenters. The zero-order valence-corrected chi connectivity index (χ0v) is 10.1. The largest absolute Gasteiger partial charge is 0.250 e. The van der Waals surface area contributed by atoms with Crippen molar-refractivity contribution >= 4 is 37.0 Å². The predicted molar refractivity (Wildman–Crippen MR) is 58.1 cm³/mol. The molecule has 0 saturated heterocycles. The third kappa shape index (κ3) is 3.69. The Labute approximate surface area is 85.3 Å². The van der Waals surface area contributed by atoms with Crippen LogP contribution >= 0.6 is 27.3 Å². The molecule has 0 aromatic carbocycles. The molecule has 0 bridgehead atoms. The molecule has 0 spiro atoms. The van der Waals surface area contributed by atoms with Crippen LogP contribution in [0.2, 0.25) is 0 Å². The van der Waals surface area contributed by atoms with E-state index in [1.165, 1.54) is 0 Å². The molecular weight excluding hydrogens is 258 g/mol. The lowest BCUT2D eigenvalue weighted by atomic mass is 10.4. The lowest BCUT2D eigenvalue weighted by Crippen LogP contribution is -1.91. The van der Waals surface area contributed by atoms with Gasteiger partial charge in [0.15, 0.2) is 0 Å². The molecule has 0 unspecified atom stereocenters. The Morgan fingerprint density at radius 1 is 1.67 bits per heavy atom. The van der Waals surface area contributed by atoms with E-state index < -0.39 is 9.73 Å². The minimum atomic E-state index is -1.95. The Hall–Kier alpha value is 0.130. The third-order valence-corrected chi connectivity index (χ3v) is 3.48. The van der Waals surface area contributed by atoms with Crippen molar-refractivity contribution in [1.29, 1.82) is 0 Å². The van der Waals surface area contributed by atoms with Crippen molar-refractivity contribution in [2.24, 2.45) is 4.36 Å². The molecule has 5 heteroatoms. The SMILES string of the molecule is CS(C)(=O)=NCc1csc(Br)c1. The van der Waals surface area contributed by atoms with Crippen molar-refractivity contribution in [2.75, 3.05) is 12.5 Å². The van der Waals surface area contributed by atoms with E-state index in [9.17, 15) is 4.21 Å². The fourth-order valence-electron chi connectivity index (χ4n) is 0.659. The highest BCUT2D eigenvalue weighted by atomic mass is 79.9. The molecule has 1 aromatic heterocycles. The van der Waals surface area contributed by atoms with Crippen LogP contribution in [-0.2, 0) is 16.3 Å². The smallest absolute Gasteiger partial charge is 0.0742 e. The quantitative estimate of drug-likeness (QED) is 0.811. The van der Waals surface area contributed by atoms with Crippen molar-refractivity contribution in [1.82, 2.24) is 0 Å². The Balaban J connectivity index is 2.73. The van der Waals surface area contributed by atoms with Crippen molar-refractivity contribution < 1.29 is 4.21 Å². The molecule has 1 heterocycles. The molecule has 1 aromatic rings. The monoisotopic (exact) mass is 267 g/mol. The number of thiophene rings is 1. The van der Waals surface area contributed by atoms with Gasteiger partial charge in [-0.25, -0.2) is 4.36 Å². The summed E-state index contributed by atoms with van der Waals surface area (Å²) in [5, 5.41) is 2.01. The Bertz CT molecular complexity index is 369. The van der Waals surface area contributed by atoms with Crippen molar-refractivity contribution in [3.8, 4) is 0 Å². The van der Waals surface area contributed by atoms with Gasteiger partial charge >= 0.3 is 0 Å². The number of halogens is 1.